The smallest absolute Gasteiger partial charge is 0.408 e. The summed E-state index contributed by atoms with van der Waals surface area (Å²) in [5.41, 5.74) is -9.20. The minimum absolute atomic E-state index is 0.486. The number of hydrogen-bond donors (Lipinski definition) is 15. The van der Waals surface area contributed by atoms with Crippen LogP contribution in [0, 0.1) is 0 Å². The summed E-state index contributed by atoms with van der Waals surface area (Å²) in [7, 11) is 0. The molecule has 0 rings (SSSR count). The van der Waals surface area contributed by atoms with Crippen molar-refractivity contribution in [2.75, 3.05) is 91.6 Å². The van der Waals surface area contributed by atoms with Gasteiger partial charge >= 0.3 is 85.3 Å². The molecule has 0 radical (unpaired) electrons. The van der Waals surface area contributed by atoms with Gasteiger partial charge in [0.1, 0.15) is 81.4 Å². The van der Waals surface area contributed by atoms with Gasteiger partial charge in [-0.2, -0.15) is 0 Å². The number of ether oxygens (including phenoxy) is 14. The summed E-state index contributed by atoms with van der Waals surface area (Å²) < 4.78 is 75.5. The third kappa shape index (κ3) is 51.5. The van der Waals surface area contributed by atoms with Gasteiger partial charge in [0, 0.05) is 13.1 Å². The minimum Gasteiger partial charge on any atom is -0.442 e. The van der Waals surface area contributed by atoms with Gasteiger partial charge in [-0.15, -0.1) is 0 Å². The van der Waals surface area contributed by atoms with Crippen molar-refractivity contribution >= 4 is 85.3 Å². The Balaban J connectivity index is 7.23. The van der Waals surface area contributed by atoms with Crippen LogP contribution in [0.25, 0.3) is 0 Å². The van der Waals surface area contributed by atoms with E-state index in [1.54, 1.807) is 0 Å². The maximum atomic E-state index is 13.6. The molecule has 0 saturated heterocycles. The quantitative estimate of drug-likeness (QED) is 0.0230. The van der Waals surface area contributed by atoms with Gasteiger partial charge in [0.2, 0.25) is 0 Å². The second kappa shape index (κ2) is 50.9. The van der Waals surface area contributed by atoms with Gasteiger partial charge in [-0.1, -0.05) is 52.6 Å². The largest absolute Gasteiger partial charge is 0.442 e. The molecule has 0 bridgehead atoms. The van der Waals surface area contributed by atoms with Gasteiger partial charge in [-0.25, -0.2) is 67.1 Å². The maximum Gasteiger partial charge on any atom is 0.408 e. The summed E-state index contributed by atoms with van der Waals surface area (Å²) >= 11 is 0. The van der Waals surface area contributed by atoms with Crippen LogP contribution in [0.2, 0.25) is 0 Å². The predicted octanol–water partition coefficient (Wildman–Crippen LogP) is 6.44. The molecule has 0 unspecified atom stereocenters. The molecule has 0 atom stereocenters. The monoisotopic (exact) mass is 1680 g/mol. The summed E-state index contributed by atoms with van der Waals surface area (Å²) in [5.74, 6) is 0. The van der Waals surface area contributed by atoms with Crippen LogP contribution in [0.5, 0.6) is 0 Å². The Morgan fingerprint density at radius 3 is 0.398 bits per heavy atom. The summed E-state index contributed by atoms with van der Waals surface area (Å²) in [6.45, 7) is 45.1. The zero-order valence-electron chi connectivity index (χ0n) is 70.1. The van der Waals surface area contributed by atoms with E-state index in [0.29, 0.717) is 0 Å². The van der Waals surface area contributed by atoms with Crippen molar-refractivity contribution in [1.82, 2.24) is 74.4 Å². The van der Waals surface area contributed by atoms with Crippen molar-refractivity contribution in [2.45, 2.75) is 198 Å². The minimum atomic E-state index is -1.71. The molecule has 43 heteroatoms. The SMILES string of the molecule is C=CC(C)(C)OC(=O)NCC(CNC(=O)OC(C)(C)C=C)OC(=O)NCC(CNC(=O)OC(CNC(=O)OC(C)(C)C=C)CNC(=O)OC(C)(C)C=C)OC(=O)NCC(O)CNC(=O)OC(CNC(=O)OC(CNC(=O)OC(C)(C)C=C)CNC(=O)OC(C)(C)C=C)CNC(=O)OC(CNC(=O)OC(C)(C)C=C)CNC(=O)OC(C)(C)C=C. The summed E-state index contributed by atoms with van der Waals surface area (Å²) in [4.78, 5) is 184. The van der Waals surface area contributed by atoms with Crippen LogP contribution in [0.3, 0.4) is 0 Å². The van der Waals surface area contributed by atoms with E-state index in [4.69, 9.17) is 66.3 Å². The molecule has 0 aliphatic heterocycles. The van der Waals surface area contributed by atoms with Crippen LogP contribution >= 0.6 is 0 Å². The Hall–Kier alpha value is -12.3. The molecule has 0 spiro atoms. The first-order valence-corrected chi connectivity index (χ1v) is 36.8. The fourth-order valence-electron chi connectivity index (χ4n) is 7.47. The number of alkyl carbamates (subject to hydrolysis) is 14. The molecule has 0 aromatic heterocycles. The van der Waals surface area contributed by atoms with Crippen LogP contribution in [-0.4, -0.2) is 270 Å². The number of amides is 14. The Kier molecular flexibility index (Phi) is 45.6. The van der Waals surface area contributed by atoms with Crippen LogP contribution in [0.4, 0.5) is 67.1 Å². The first-order chi connectivity index (χ1) is 54.6. The number of carbonyl (C=O) groups is 14. The molecule has 0 aromatic carbocycles. The molecule has 0 aliphatic rings. The van der Waals surface area contributed by atoms with E-state index < -0.39 is 264 Å². The average molecular weight is 1680 g/mol. The number of aliphatic hydroxyl groups excluding tert-OH is 1. The zero-order valence-corrected chi connectivity index (χ0v) is 70.1. The summed E-state index contributed by atoms with van der Waals surface area (Å²) in [5, 5.41) is 44.1. The molecule has 118 heavy (non-hydrogen) atoms. The molecule has 0 heterocycles. The van der Waals surface area contributed by atoms with Crippen LogP contribution in [-0.2, 0) is 66.3 Å². The normalized spacial score (nSPS) is 11.7. The van der Waals surface area contributed by atoms with Gasteiger partial charge in [-0.05, 0) is 159 Å². The van der Waals surface area contributed by atoms with E-state index in [1.165, 1.54) is 159 Å². The number of aliphatic hydroxyl groups is 1. The molecular formula is C75H122N14O29. The van der Waals surface area contributed by atoms with Crippen molar-refractivity contribution in [3.05, 3.63) is 101 Å². The van der Waals surface area contributed by atoms with Crippen molar-refractivity contribution < 1.29 is 139 Å². The van der Waals surface area contributed by atoms with Crippen LogP contribution < -0.4 is 74.4 Å². The van der Waals surface area contributed by atoms with E-state index >= 15 is 0 Å². The first kappa shape index (κ1) is 106. The Bertz CT molecular complexity index is 2890. The van der Waals surface area contributed by atoms with Gasteiger partial charge in [0.15, 0.2) is 0 Å². The molecular weight excluding hydrogens is 1560 g/mol. The third-order valence-corrected chi connectivity index (χ3v) is 15.1. The highest BCUT2D eigenvalue weighted by Crippen LogP contribution is 2.17. The number of carbonyl (C=O) groups excluding carboxylic acids is 14. The van der Waals surface area contributed by atoms with E-state index in [0.717, 1.165) is 0 Å². The lowest BCUT2D eigenvalue weighted by Crippen LogP contribution is -2.49. The molecule has 0 aromatic rings. The topological polar surface area (TPSA) is 557 Å². The van der Waals surface area contributed by atoms with Crippen LogP contribution in [0.15, 0.2) is 101 Å². The molecule has 15 N–H and O–H groups in total. The van der Waals surface area contributed by atoms with E-state index in [2.05, 4.69) is 127 Å². The highest BCUT2D eigenvalue weighted by atomic mass is 16.6. The van der Waals surface area contributed by atoms with Gasteiger partial charge in [0.25, 0.3) is 0 Å². The highest BCUT2D eigenvalue weighted by molar-refractivity contribution is 5.74. The number of hydrogen-bond acceptors (Lipinski definition) is 29. The molecule has 0 saturated carbocycles. The number of nitrogens with one attached hydrogen (secondary N) is 14. The summed E-state index contributed by atoms with van der Waals surface area (Å²) in [6, 6.07) is 0. The fraction of sp³-hybridized carbons (Fsp3) is 0.600. The molecule has 14 amide bonds. The van der Waals surface area contributed by atoms with Crippen molar-refractivity contribution in [3.63, 3.8) is 0 Å². The Morgan fingerprint density at radius 2 is 0.297 bits per heavy atom. The second-order valence-electron chi connectivity index (χ2n) is 29.7. The lowest BCUT2D eigenvalue weighted by Gasteiger charge is -2.25. The van der Waals surface area contributed by atoms with Crippen LogP contribution in [0.1, 0.15) is 111 Å². The Morgan fingerprint density at radius 1 is 0.203 bits per heavy atom. The van der Waals surface area contributed by atoms with Gasteiger partial charge < -0.3 is 146 Å². The van der Waals surface area contributed by atoms with E-state index in [9.17, 15) is 72.2 Å². The van der Waals surface area contributed by atoms with Crippen molar-refractivity contribution in [1.29, 1.82) is 0 Å². The van der Waals surface area contributed by atoms with E-state index in [-0.39, 0.29) is 0 Å². The van der Waals surface area contributed by atoms with Crippen molar-refractivity contribution in [2.24, 2.45) is 0 Å². The van der Waals surface area contributed by atoms with Crippen molar-refractivity contribution in [3.8, 4) is 0 Å². The summed E-state index contributed by atoms with van der Waals surface area (Å²) in [6.07, 6.45) is -15.4. The highest BCUT2D eigenvalue weighted by Gasteiger charge is 2.32. The van der Waals surface area contributed by atoms with Gasteiger partial charge in [0.05, 0.1) is 84.6 Å². The molecule has 666 valence electrons. The number of rotatable bonds is 50. The average Bonchev–Trinajstić information content (AvgIpc) is 0.912. The molecule has 43 nitrogen and oxygen atoms in total. The van der Waals surface area contributed by atoms with E-state index in [1.807, 2.05) is 0 Å². The van der Waals surface area contributed by atoms with Gasteiger partial charge in [-0.3, -0.25) is 0 Å². The third-order valence-electron chi connectivity index (χ3n) is 15.1. The lowest BCUT2D eigenvalue weighted by molar-refractivity contribution is 0.0524. The predicted molar refractivity (Wildman–Crippen MR) is 426 cm³/mol. The molecule has 0 aliphatic carbocycles. The fourth-order valence-corrected chi connectivity index (χ4v) is 7.47. The first-order valence-electron chi connectivity index (χ1n) is 36.8. The standard InChI is InChI=1S/C75H122N14O29/c1-25-68(9,10)111-60(97)82-39-50(40-83-61(98)112-69(11,12)26-2)107-56(93)78-35-48(36-79-57(94)108-51(41-84-62(99)113-70(13,14)27-3)42-85-63(100)114-71(15,16)28-4)105-54(91)76-33-47(90)34-77-55(92)106-49(37-80-58(95)109-52(43-86-64(101)115-72(17,18)29-5)44-87-65(102)116-73(19,20)30-6)38-81-59(96)110-53(45-88-66(103)117-74(21,22)31-7)46-89-67(104)118-75(23,24)32-8/h25-32,47-53,90H,1-8,33-46H2,9-24H3,(H,76,91)(H,77,92)(H,78,93)(H,79,94)(H,80,95)(H,81,96)(H,82,97)(H,83,98)(H,84,99)(H,85,100)(H,86,101)(H,87,102)(H,88,103)(H,89,104). The molecule has 0 fully saturated rings. The second-order valence-corrected chi connectivity index (χ2v) is 29.7. The zero-order chi connectivity index (χ0) is 90.5. The maximum absolute atomic E-state index is 13.6. The Labute approximate surface area is 687 Å². The lowest BCUT2D eigenvalue weighted by atomic mass is 10.1.